The summed E-state index contributed by atoms with van der Waals surface area (Å²) in [7, 11) is -2.02. The number of sulfonamides is 1. The fourth-order valence-corrected chi connectivity index (χ4v) is 5.25. The Balaban J connectivity index is 1.80. The fourth-order valence-electron chi connectivity index (χ4n) is 2.53. The third-order valence-electron chi connectivity index (χ3n) is 3.62. The van der Waals surface area contributed by atoms with Crippen molar-refractivity contribution >= 4 is 44.7 Å². The molecule has 7 nitrogen and oxygen atoms in total. The summed E-state index contributed by atoms with van der Waals surface area (Å²) >= 11 is 6.75. The molecular weight excluding hydrogens is 360 g/mol. The molecule has 0 saturated carbocycles. The molecule has 0 aromatic carbocycles. The van der Waals surface area contributed by atoms with Gasteiger partial charge in [0.25, 0.3) is 10.0 Å². The molecule has 0 bridgehead atoms. The van der Waals surface area contributed by atoms with E-state index in [0.717, 1.165) is 11.3 Å². The molecule has 2 aromatic heterocycles. The van der Waals surface area contributed by atoms with E-state index in [0.29, 0.717) is 29.5 Å². The van der Waals surface area contributed by atoms with Gasteiger partial charge in [0.05, 0.1) is 10.5 Å². The van der Waals surface area contributed by atoms with Crippen molar-refractivity contribution in [3.05, 3.63) is 28.7 Å². The molecule has 2 aromatic rings. The zero-order chi connectivity index (χ0) is 16.6. The van der Waals surface area contributed by atoms with Crippen LogP contribution in [0.1, 0.15) is 12.8 Å². The zero-order valence-electron chi connectivity index (χ0n) is 12.3. The lowest BCUT2D eigenvalue weighted by molar-refractivity contribution is -0.121. The Kier molecular flexibility index (Phi) is 4.45. The Morgan fingerprint density at radius 2 is 2.17 bits per heavy atom. The molecule has 124 valence electrons. The highest BCUT2D eigenvalue weighted by atomic mass is 35.5. The lowest BCUT2D eigenvalue weighted by atomic mass is 10.1. The first-order valence-corrected chi connectivity index (χ1v) is 9.63. The van der Waals surface area contributed by atoms with Crippen LogP contribution in [0.15, 0.2) is 28.6 Å². The normalized spacial score (nSPS) is 19.3. The molecule has 0 radical (unpaired) electrons. The lowest BCUT2D eigenvalue weighted by Crippen LogP contribution is -2.52. The molecule has 1 fully saturated rings. The number of carbonyl (C=O) groups is 1. The van der Waals surface area contributed by atoms with Gasteiger partial charge in [-0.05, 0) is 25.0 Å². The smallest absolute Gasteiger partial charge is 0.250 e. The minimum atomic E-state index is -3.76. The summed E-state index contributed by atoms with van der Waals surface area (Å²) in [5.74, 6) is 0.379. The standard InChI is InChI=1S/C13H15ClN4O3S2/c1-17-11(6-7-15-17)18-8-2-3-9(13(18)19)16-23(20,21)12-5-4-10(14)22-12/h4-7,9,16H,2-3,8H2,1H3/t9-/m0/s1. The first kappa shape index (κ1) is 16.4. The molecule has 0 spiro atoms. The average Bonchev–Trinajstić information content (AvgIpc) is 3.10. The van der Waals surface area contributed by atoms with Crippen LogP contribution in [0.2, 0.25) is 4.34 Å². The van der Waals surface area contributed by atoms with Gasteiger partial charge in [0.1, 0.15) is 16.1 Å². The molecule has 1 atom stereocenters. The topological polar surface area (TPSA) is 84.3 Å². The second kappa shape index (κ2) is 6.23. The minimum absolute atomic E-state index is 0.105. The molecule has 1 aliphatic rings. The van der Waals surface area contributed by atoms with Crippen LogP contribution in [-0.2, 0) is 21.9 Å². The molecule has 1 amide bonds. The van der Waals surface area contributed by atoms with Crippen molar-refractivity contribution in [1.82, 2.24) is 14.5 Å². The van der Waals surface area contributed by atoms with Crippen LogP contribution in [0.4, 0.5) is 5.82 Å². The third kappa shape index (κ3) is 3.27. The Bertz CT molecular complexity index is 830. The predicted octanol–water partition coefficient (Wildman–Crippen LogP) is 1.61. The number of amides is 1. The Hall–Kier alpha value is -1.42. The van der Waals surface area contributed by atoms with Crippen LogP contribution in [0, 0.1) is 0 Å². The highest BCUT2D eigenvalue weighted by Crippen LogP contribution is 2.27. The number of nitrogens with one attached hydrogen (secondary N) is 1. The van der Waals surface area contributed by atoms with Crippen molar-refractivity contribution in [3.63, 3.8) is 0 Å². The molecule has 0 aliphatic carbocycles. The molecule has 23 heavy (non-hydrogen) atoms. The van der Waals surface area contributed by atoms with Gasteiger partial charge in [-0.1, -0.05) is 11.6 Å². The Morgan fingerprint density at radius 1 is 1.39 bits per heavy atom. The Morgan fingerprint density at radius 3 is 2.78 bits per heavy atom. The van der Waals surface area contributed by atoms with E-state index in [4.69, 9.17) is 11.6 Å². The van der Waals surface area contributed by atoms with Gasteiger partial charge >= 0.3 is 0 Å². The number of halogens is 1. The summed E-state index contributed by atoms with van der Waals surface area (Å²) in [5.41, 5.74) is 0. The van der Waals surface area contributed by atoms with Gasteiger partial charge in [0.15, 0.2) is 0 Å². The summed E-state index contributed by atoms with van der Waals surface area (Å²) in [6.45, 7) is 0.543. The number of hydrogen-bond donors (Lipinski definition) is 1. The van der Waals surface area contributed by atoms with Crippen LogP contribution in [0.5, 0.6) is 0 Å². The number of piperidine rings is 1. The van der Waals surface area contributed by atoms with E-state index in [2.05, 4.69) is 9.82 Å². The maximum absolute atomic E-state index is 12.6. The van der Waals surface area contributed by atoms with Gasteiger partial charge in [-0.3, -0.25) is 14.4 Å². The van der Waals surface area contributed by atoms with Crippen molar-refractivity contribution in [2.75, 3.05) is 11.4 Å². The quantitative estimate of drug-likeness (QED) is 0.881. The SMILES string of the molecule is Cn1nccc1N1CCC[C@H](NS(=O)(=O)c2ccc(Cl)s2)C1=O. The molecular formula is C13H15ClN4O3S2. The van der Waals surface area contributed by atoms with E-state index >= 15 is 0 Å². The van der Waals surface area contributed by atoms with Crippen molar-refractivity contribution in [2.45, 2.75) is 23.1 Å². The number of anilines is 1. The van der Waals surface area contributed by atoms with Crippen molar-refractivity contribution < 1.29 is 13.2 Å². The summed E-state index contributed by atoms with van der Waals surface area (Å²) in [4.78, 5) is 14.2. The van der Waals surface area contributed by atoms with Gasteiger partial charge in [-0.25, -0.2) is 8.42 Å². The summed E-state index contributed by atoms with van der Waals surface area (Å²) in [6.07, 6.45) is 2.77. The second-order valence-corrected chi connectivity index (χ2v) is 8.83. The molecule has 10 heteroatoms. The summed E-state index contributed by atoms with van der Waals surface area (Å²) < 4.78 is 29.3. The highest BCUT2D eigenvalue weighted by molar-refractivity contribution is 7.91. The van der Waals surface area contributed by atoms with E-state index in [1.807, 2.05) is 0 Å². The maximum atomic E-state index is 12.6. The largest absolute Gasteiger partial charge is 0.296 e. The summed E-state index contributed by atoms with van der Waals surface area (Å²) in [5, 5.41) is 4.05. The third-order valence-corrected chi connectivity index (χ3v) is 6.82. The van der Waals surface area contributed by atoms with Gasteiger partial charge < -0.3 is 0 Å². The number of rotatable bonds is 4. The molecule has 3 heterocycles. The molecule has 1 aliphatic heterocycles. The maximum Gasteiger partial charge on any atom is 0.250 e. The first-order chi connectivity index (χ1) is 10.9. The minimum Gasteiger partial charge on any atom is -0.296 e. The first-order valence-electron chi connectivity index (χ1n) is 6.95. The second-order valence-electron chi connectivity index (χ2n) is 5.18. The van der Waals surface area contributed by atoms with Crippen LogP contribution in [0.25, 0.3) is 0 Å². The van der Waals surface area contributed by atoms with Crippen LogP contribution in [0.3, 0.4) is 0 Å². The highest BCUT2D eigenvalue weighted by Gasteiger charge is 2.34. The number of thiophene rings is 1. The van der Waals surface area contributed by atoms with Crippen LogP contribution < -0.4 is 9.62 Å². The lowest BCUT2D eigenvalue weighted by Gasteiger charge is -2.32. The molecule has 1 saturated heterocycles. The molecule has 0 unspecified atom stereocenters. The Labute approximate surface area is 142 Å². The van der Waals surface area contributed by atoms with Gasteiger partial charge in [0.2, 0.25) is 5.91 Å². The van der Waals surface area contributed by atoms with E-state index < -0.39 is 16.1 Å². The fraction of sp³-hybridized carbons (Fsp3) is 0.385. The van der Waals surface area contributed by atoms with Crippen molar-refractivity contribution in [1.29, 1.82) is 0 Å². The number of nitrogens with zero attached hydrogens (tertiary/aromatic N) is 3. The summed E-state index contributed by atoms with van der Waals surface area (Å²) in [6, 6.07) is 3.89. The van der Waals surface area contributed by atoms with Gasteiger partial charge in [-0.2, -0.15) is 9.82 Å². The van der Waals surface area contributed by atoms with Gasteiger partial charge in [-0.15, -0.1) is 11.3 Å². The monoisotopic (exact) mass is 374 g/mol. The number of hydrogen-bond acceptors (Lipinski definition) is 5. The van der Waals surface area contributed by atoms with E-state index in [-0.39, 0.29) is 10.1 Å². The molecule has 1 N–H and O–H groups in total. The number of aryl methyl sites for hydroxylation is 1. The van der Waals surface area contributed by atoms with E-state index in [1.54, 1.807) is 28.9 Å². The average molecular weight is 375 g/mol. The van der Waals surface area contributed by atoms with Crippen molar-refractivity contribution in [3.8, 4) is 0 Å². The predicted molar refractivity (Wildman–Crippen MR) is 88.2 cm³/mol. The zero-order valence-corrected chi connectivity index (χ0v) is 14.7. The van der Waals surface area contributed by atoms with Gasteiger partial charge in [0, 0.05) is 19.7 Å². The van der Waals surface area contributed by atoms with Crippen LogP contribution in [-0.4, -0.2) is 36.7 Å². The van der Waals surface area contributed by atoms with Crippen LogP contribution >= 0.6 is 22.9 Å². The van der Waals surface area contributed by atoms with E-state index in [1.165, 1.54) is 12.1 Å². The number of aromatic nitrogens is 2. The van der Waals surface area contributed by atoms with Crippen molar-refractivity contribution in [2.24, 2.45) is 7.05 Å². The number of carbonyl (C=O) groups excluding carboxylic acids is 1. The molecule has 3 rings (SSSR count). The van der Waals surface area contributed by atoms with E-state index in [9.17, 15) is 13.2 Å².